The summed E-state index contributed by atoms with van der Waals surface area (Å²) in [5.74, 6) is -0.580. The second kappa shape index (κ2) is 3.68. The number of rotatable bonds is 1. The molecule has 2 aromatic heterocycles. The molecule has 3 rings (SSSR count). The van der Waals surface area contributed by atoms with Crippen LogP contribution in [0.5, 0.6) is 0 Å². The highest BCUT2D eigenvalue weighted by Gasteiger charge is 2.18. The van der Waals surface area contributed by atoms with E-state index in [4.69, 9.17) is 11.6 Å². The predicted molar refractivity (Wildman–Crippen MR) is 63.0 cm³/mol. The maximum atomic E-state index is 13.6. The predicted octanol–water partition coefficient (Wildman–Crippen LogP) is 3.19. The Bertz CT molecular complexity index is 695. The Labute approximate surface area is 104 Å². The Balaban J connectivity index is 2.45. The third-order valence-corrected chi connectivity index (χ3v) is 3.58. The molecule has 0 aliphatic heterocycles. The summed E-state index contributed by atoms with van der Waals surface area (Å²) < 4.78 is 13.6. The number of hydrogen-bond acceptors (Lipinski definition) is 4. The first-order valence-electron chi connectivity index (χ1n) is 4.65. The summed E-state index contributed by atoms with van der Waals surface area (Å²) in [7, 11) is 0. The minimum absolute atomic E-state index is 0.0135. The van der Waals surface area contributed by atoms with Crippen molar-refractivity contribution in [3.05, 3.63) is 34.4 Å². The molecule has 0 saturated heterocycles. The van der Waals surface area contributed by atoms with Crippen LogP contribution < -0.4 is 0 Å². The van der Waals surface area contributed by atoms with Crippen molar-refractivity contribution in [3.8, 4) is 10.4 Å². The lowest BCUT2D eigenvalue weighted by molar-refractivity contribution is 0.113. The first-order chi connectivity index (χ1) is 8.16. The van der Waals surface area contributed by atoms with Gasteiger partial charge < -0.3 is 5.21 Å². The number of nitrogens with zero attached hydrogens (tertiary/aromatic N) is 3. The average molecular weight is 270 g/mol. The van der Waals surface area contributed by atoms with E-state index in [9.17, 15) is 9.60 Å². The van der Waals surface area contributed by atoms with E-state index in [1.807, 2.05) is 11.4 Å². The highest BCUT2D eigenvalue weighted by Crippen LogP contribution is 2.37. The maximum Gasteiger partial charge on any atom is 0.144 e. The number of aromatic nitrogens is 3. The zero-order chi connectivity index (χ0) is 12.0. The molecule has 0 spiro atoms. The van der Waals surface area contributed by atoms with E-state index >= 15 is 0 Å². The lowest BCUT2D eigenvalue weighted by Crippen LogP contribution is -1.93. The van der Waals surface area contributed by atoms with E-state index in [0.717, 1.165) is 10.9 Å². The van der Waals surface area contributed by atoms with Crippen LogP contribution in [0.1, 0.15) is 0 Å². The molecule has 3 aromatic rings. The third kappa shape index (κ3) is 1.57. The van der Waals surface area contributed by atoms with Gasteiger partial charge in [0.25, 0.3) is 0 Å². The lowest BCUT2D eigenvalue weighted by atomic mass is 10.1. The highest BCUT2D eigenvalue weighted by atomic mass is 35.5. The summed E-state index contributed by atoms with van der Waals surface area (Å²) >= 11 is 7.36. The highest BCUT2D eigenvalue weighted by molar-refractivity contribution is 7.13. The fourth-order valence-corrected chi connectivity index (χ4v) is 2.71. The van der Waals surface area contributed by atoms with Gasteiger partial charge in [-0.15, -0.1) is 21.5 Å². The molecule has 0 unspecified atom stereocenters. The van der Waals surface area contributed by atoms with E-state index in [1.165, 1.54) is 11.3 Å². The summed E-state index contributed by atoms with van der Waals surface area (Å²) in [6.07, 6.45) is 0. The molecule has 2 heterocycles. The molecular formula is C10H5ClFN3OS. The fourth-order valence-electron chi connectivity index (χ4n) is 1.63. The van der Waals surface area contributed by atoms with Crippen molar-refractivity contribution >= 4 is 34.0 Å². The van der Waals surface area contributed by atoms with Gasteiger partial charge in [-0.1, -0.05) is 17.7 Å². The fraction of sp³-hybridized carbons (Fsp3) is 0. The van der Waals surface area contributed by atoms with Crippen molar-refractivity contribution < 1.29 is 9.60 Å². The van der Waals surface area contributed by atoms with Crippen LogP contribution in [0.15, 0.2) is 23.6 Å². The van der Waals surface area contributed by atoms with Gasteiger partial charge in [0.2, 0.25) is 0 Å². The number of thiophene rings is 1. The summed E-state index contributed by atoms with van der Waals surface area (Å²) in [5.41, 5.74) is 1.09. The molecule has 17 heavy (non-hydrogen) atoms. The van der Waals surface area contributed by atoms with E-state index < -0.39 is 5.82 Å². The van der Waals surface area contributed by atoms with Crippen LogP contribution in [0.2, 0.25) is 5.02 Å². The van der Waals surface area contributed by atoms with Gasteiger partial charge >= 0.3 is 0 Å². The van der Waals surface area contributed by atoms with Crippen molar-refractivity contribution in [1.82, 2.24) is 15.2 Å². The van der Waals surface area contributed by atoms with E-state index in [-0.39, 0.29) is 10.5 Å². The molecule has 0 atom stereocenters. The Hall–Kier alpha value is -1.66. The van der Waals surface area contributed by atoms with Crippen LogP contribution in [-0.2, 0) is 0 Å². The van der Waals surface area contributed by atoms with Gasteiger partial charge in [0.05, 0.1) is 5.02 Å². The van der Waals surface area contributed by atoms with Crippen molar-refractivity contribution in [1.29, 1.82) is 0 Å². The summed E-state index contributed by atoms with van der Waals surface area (Å²) in [5, 5.41) is 18.5. The van der Waals surface area contributed by atoms with Crippen LogP contribution in [0.4, 0.5) is 4.39 Å². The van der Waals surface area contributed by atoms with Gasteiger partial charge in [-0.2, -0.15) is 0 Å². The molecule has 0 fully saturated rings. The molecule has 0 radical (unpaired) electrons. The topological polar surface area (TPSA) is 50.9 Å². The number of hydrogen-bond donors (Lipinski definition) is 1. The van der Waals surface area contributed by atoms with Gasteiger partial charge in [-0.25, -0.2) is 4.39 Å². The Kier molecular flexibility index (Phi) is 2.27. The third-order valence-electron chi connectivity index (χ3n) is 2.33. The van der Waals surface area contributed by atoms with Crippen molar-refractivity contribution in [3.63, 3.8) is 0 Å². The van der Waals surface area contributed by atoms with Crippen molar-refractivity contribution in [2.75, 3.05) is 0 Å². The zero-order valence-corrected chi connectivity index (χ0v) is 9.83. The monoisotopic (exact) mass is 269 g/mol. The van der Waals surface area contributed by atoms with E-state index in [0.29, 0.717) is 16.0 Å². The first kappa shape index (κ1) is 10.5. The van der Waals surface area contributed by atoms with Crippen LogP contribution in [0, 0.1) is 5.82 Å². The number of fused-ring (bicyclic) bond motifs is 1. The van der Waals surface area contributed by atoms with E-state index in [1.54, 1.807) is 6.07 Å². The molecule has 0 aliphatic carbocycles. The van der Waals surface area contributed by atoms with Crippen LogP contribution in [0.25, 0.3) is 21.5 Å². The molecule has 86 valence electrons. The van der Waals surface area contributed by atoms with Gasteiger partial charge in [0.15, 0.2) is 0 Å². The maximum absolute atomic E-state index is 13.6. The summed E-state index contributed by atoms with van der Waals surface area (Å²) in [6.45, 7) is 0. The minimum atomic E-state index is -0.580. The molecule has 4 nitrogen and oxygen atoms in total. The molecule has 1 aromatic carbocycles. The Morgan fingerprint density at radius 1 is 1.41 bits per heavy atom. The number of halogens is 2. The Morgan fingerprint density at radius 2 is 2.24 bits per heavy atom. The SMILES string of the molecule is On1nc2cc(F)c(Cl)c(-c3cccs3)c2n1. The van der Waals surface area contributed by atoms with Gasteiger partial charge in [-0.05, 0) is 16.4 Å². The second-order valence-corrected chi connectivity index (χ2v) is 4.69. The van der Waals surface area contributed by atoms with Gasteiger partial charge in [0, 0.05) is 16.5 Å². The van der Waals surface area contributed by atoms with Gasteiger partial charge in [0.1, 0.15) is 16.9 Å². The largest absolute Gasteiger partial charge is 0.396 e. The van der Waals surface area contributed by atoms with E-state index in [2.05, 4.69) is 10.2 Å². The zero-order valence-electron chi connectivity index (χ0n) is 8.26. The molecule has 0 aliphatic rings. The minimum Gasteiger partial charge on any atom is -0.396 e. The first-order valence-corrected chi connectivity index (χ1v) is 5.91. The van der Waals surface area contributed by atoms with Gasteiger partial charge in [-0.3, -0.25) is 0 Å². The molecule has 0 bridgehead atoms. The molecule has 0 amide bonds. The van der Waals surface area contributed by atoms with Crippen LogP contribution >= 0.6 is 22.9 Å². The normalized spacial score (nSPS) is 11.2. The molecule has 1 N–H and O–H groups in total. The average Bonchev–Trinajstić information content (AvgIpc) is 2.89. The summed E-state index contributed by atoms with van der Waals surface area (Å²) in [4.78, 5) is 1.19. The lowest BCUT2D eigenvalue weighted by Gasteiger charge is -2.02. The number of benzene rings is 1. The Morgan fingerprint density at radius 3 is 2.94 bits per heavy atom. The van der Waals surface area contributed by atoms with Crippen molar-refractivity contribution in [2.24, 2.45) is 0 Å². The van der Waals surface area contributed by atoms with Crippen LogP contribution in [-0.4, -0.2) is 20.4 Å². The molecular weight excluding hydrogens is 265 g/mol. The molecule has 7 heteroatoms. The van der Waals surface area contributed by atoms with Crippen LogP contribution in [0.3, 0.4) is 0 Å². The summed E-state index contributed by atoms with van der Waals surface area (Å²) in [6, 6.07) is 4.78. The van der Waals surface area contributed by atoms with Crippen molar-refractivity contribution in [2.45, 2.75) is 0 Å². The standard InChI is InChI=1S/C10H5ClFN3OS/c11-9-5(12)4-6-10(14-15(16)13-6)8(9)7-2-1-3-17-7/h1-4,16H. The smallest absolute Gasteiger partial charge is 0.144 e. The molecule has 0 saturated carbocycles. The quantitative estimate of drug-likeness (QED) is 0.690. The second-order valence-electron chi connectivity index (χ2n) is 3.36.